The third-order valence-electron chi connectivity index (χ3n) is 7.23. The summed E-state index contributed by atoms with van der Waals surface area (Å²) in [6.07, 6.45) is -0.734. The first-order chi connectivity index (χ1) is 15.4. The standard InChI is InChI=1S/C25H28F3N3OS/c1-23(2)10-16-11-24(3,13-23)14-31(16)19(32)12-33-22-29-20-17-7-5-4-6-15(17)8-9-18(20)21(30-22)25(26,27)28/h4-7,16H,8-14H2,1-3H3/t16-,24+/m0/s1. The molecule has 1 aromatic carbocycles. The summed E-state index contributed by atoms with van der Waals surface area (Å²) in [6.45, 7) is 7.45. The number of benzene rings is 1. The second-order valence-electron chi connectivity index (χ2n) is 10.9. The van der Waals surface area contributed by atoms with E-state index in [0.717, 1.165) is 42.2 Å². The largest absolute Gasteiger partial charge is 0.433 e. The Hall–Kier alpha value is -2.09. The van der Waals surface area contributed by atoms with E-state index in [4.69, 9.17) is 0 Å². The molecule has 1 aliphatic heterocycles. The van der Waals surface area contributed by atoms with E-state index in [1.54, 1.807) is 0 Å². The first-order valence-electron chi connectivity index (χ1n) is 11.4. The van der Waals surface area contributed by atoms with Crippen molar-refractivity contribution >= 4 is 17.7 Å². The number of likely N-dealkylation sites (tertiary alicyclic amines) is 1. The number of alkyl halides is 3. The van der Waals surface area contributed by atoms with Crippen molar-refractivity contribution in [2.45, 2.75) is 70.2 Å². The van der Waals surface area contributed by atoms with Gasteiger partial charge in [0.05, 0.1) is 11.4 Å². The van der Waals surface area contributed by atoms with Crippen LogP contribution in [0.25, 0.3) is 11.3 Å². The van der Waals surface area contributed by atoms with Crippen molar-refractivity contribution in [3.63, 3.8) is 0 Å². The van der Waals surface area contributed by atoms with E-state index in [2.05, 4.69) is 30.7 Å². The van der Waals surface area contributed by atoms with Crippen molar-refractivity contribution in [2.75, 3.05) is 12.3 Å². The van der Waals surface area contributed by atoms with Gasteiger partial charge in [0.15, 0.2) is 10.9 Å². The molecule has 3 aliphatic rings. The molecule has 0 unspecified atom stereocenters. The molecule has 1 aromatic heterocycles. The van der Waals surface area contributed by atoms with E-state index in [-0.39, 0.29) is 45.7 Å². The molecule has 1 saturated carbocycles. The topological polar surface area (TPSA) is 46.1 Å². The predicted molar refractivity (Wildman–Crippen MR) is 122 cm³/mol. The van der Waals surface area contributed by atoms with E-state index in [9.17, 15) is 18.0 Å². The smallest absolute Gasteiger partial charge is 0.338 e. The fraction of sp³-hybridized carbons (Fsp3) is 0.560. The number of hydrogen-bond donors (Lipinski definition) is 0. The Morgan fingerprint density at radius 2 is 1.91 bits per heavy atom. The number of amides is 1. The molecular formula is C25H28F3N3OS. The van der Waals surface area contributed by atoms with E-state index in [1.807, 2.05) is 29.2 Å². The van der Waals surface area contributed by atoms with E-state index in [0.29, 0.717) is 18.7 Å². The lowest BCUT2D eigenvalue weighted by Crippen LogP contribution is -2.38. The van der Waals surface area contributed by atoms with E-state index >= 15 is 0 Å². The van der Waals surface area contributed by atoms with Gasteiger partial charge in [0.1, 0.15) is 0 Å². The van der Waals surface area contributed by atoms with Gasteiger partial charge in [-0.1, -0.05) is 56.8 Å². The van der Waals surface area contributed by atoms with Crippen LogP contribution in [0.3, 0.4) is 0 Å². The summed E-state index contributed by atoms with van der Waals surface area (Å²) in [7, 11) is 0. The van der Waals surface area contributed by atoms with Crippen molar-refractivity contribution in [2.24, 2.45) is 10.8 Å². The Morgan fingerprint density at radius 1 is 1.15 bits per heavy atom. The van der Waals surface area contributed by atoms with Gasteiger partial charge in [-0.05, 0) is 48.5 Å². The van der Waals surface area contributed by atoms with Crippen LogP contribution in [0.15, 0.2) is 29.4 Å². The van der Waals surface area contributed by atoms with Gasteiger partial charge in [-0.25, -0.2) is 9.97 Å². The molecule has 2 fully saturated rings. The average molecular weight is 476 g/mol. The van der Waals surface area contributed by atoms with Gasteiger partial charge < -0.3 is 4.90 Å². The molecule has 2 aliphatic carbocycles. The molecular weight excluding hydrogens is 447 g/mol. The number of thioether (sulfide) groups is 1. The molecule has 0 radical (unpaired) electrons. The Morgan fingerprint density at radius 3 is 2.67 bits per heavy atom. The summed E-state index contributed by atoms with van der Waals surface area (Å²) in [6, 6.07) is 7.64. The maximum Gasteiger partial charge on any atom is 0.433 e. The minimum Gasteiger partial charge on any atom is -0.338 e. The van der Waals surface area contributed by atoms with Crippen LogP contribution in [0, 0.1) is 10.8 Å². The minimum atomic E-state index is -4.56. The Kier molecular flexibility index (Phi) is 5.31. The summed E-state index contributed by atoms with van der Waals surface area (Å²) in [5.74, 6) is 0.00628. The second kappa shape index (κ2) is 7.72. The number of fused-ring (bicyclic) bond motifs is 5. The lowest BCUT2D eigenvalue weighted by atomic mass is 9.65. The number of carbonyl (C=O) groups excluding carboxylic acids is 1. The SMILES string of the molecule is CC1(C)C[C@H]2C[C@@](C)(CN2C(=O)CSc2nc3c(c(C(F)(F)F)n2)CCc2ccccc2-3)C1. The van der Waals surface area contributed by atoms with Crippen molar-refractivity contribution in [3.8, 4) is 11.3 Å². The van der Waals surface area contributed by atoms with Crippen LogP contribution >= 0.6 is 11.8 Å². The first-order valence-corrected chi connectivity index (χ1v) is 12.4. The molecule has 4 nitrogen and oxygen atoms in total. The van der Waals surface area contributed by atoms with Crippen molar-refractivity contribution < 1.29 is 18.0 Å². The molecule has 33 heavy (non-hydrogen) atoms. The van der Waals surface area contributed by atoms with Crippen LogP contribution in [0.1, 0.15) is 56.9 Å². The number of nitrogens with zero attached hydrogens (tertiary/aromatic N) is 3. The molecule has 2 heterocycles. The fourth-order valence-corrected chi connectivity index (χ4v) is 7.14. The van der Waals surface area contributed by atoms with Crippen LogP contribution in [0.2, 0.25) is 0 Å². The summed E-state index contributed by atoms with van der Waals surface area (Å²) in [5, 5.41) is 0.0137. The highest BCUT2D eigenvalue weighted by molar-refractivity contribution is 7.99. The number of rotatable bonds is 3. The fourth-order valence-electron chi connectivity index (χ4n) is 6.41. The third-order valence-corrected chi connectivity index (χ3v) is 8.06. The second-order valence-corrected chi connectivity index (χ2v) is 11.8. The lowest BCUT2D eigenvalue weighted by molar-refractivity contribution is -0.142. The summed E-state index contributed by atoms with van der Waals surface area (Å²) >= 11 is 1.01. The van der Waals surface area contributed by atoms with Gasteiger partial charge in [-0.15, -0.1) is 0 Å². The van der Waals surface area contributed by atoms with E-state index < -0.39 is 11.9 Å². The first kappa shape index (κ1) is 22.7. The number of halogens is 3. The van der Waals surface area contributed by atoms with Gasteiger partial charge in [0.25, 0.3) is 0 Å². The zero-order valence-electron chi connectivity index (χ0n) is 19.1. The van der Waals surface area contributed by atoms with Gasteiger partial charge >= 0.3 is 6.18 Å². The van der Waals surface area contributed by atoms with Crippen molar-refractivity contribution in [1.82, 2.24) is 14.9 Å². The zero-order valence-corrected chi connectivity index (χ0v) is 19.9. The molecule has 176 valence electrons. The van der Waals surface area contributed by atoms with Crippen LogP contribution < -0.4 is 0 Å². The van der Waals surface area contributed by atoms with Gasteiger partial charge in [-0.3, -0.25) is 4.79 Å². The third kappa shape index (κ3) is 4.27. The molecule has 5 rings (SSSR count). The molecule has 8 heteroatoms. The molecule has 2 atom stereocenters. The normalized spacial score (nSPS) is 25.5. The van der Waals surface area contributed by atoms with Gasteiger partial charge in [-0.2, -0.15) is 13.2 Å². The molecule has 2 aromatic rings. The monoisotopic (exact) mass is 475 g/mol. The summed E-state index contributed by atoms with van der Waals surface area (Å²) in [4.78, 5) is 23.5. The van der Waals surface area contributed by atoms with E-state index in [1.165, 1.54) is 0 Å². The highest BCUT2D eigenvalue weighted by Crippen LogP contribution is 2.52. The van der Waals surface area contributed by atoms with Crippen LogP contribution in [-0.2, 0) is 23.8 Å². The number of aryl methyl sites for hydroxylation is 1. The average Bonchev–Trinajstić information content (AvgIpc) is 2.99. The van der Waals surface area contributed by atoms with Gasteiger partial charge in [0.2, 0.25) is 5.91 Å². The Balaban J connectivity index is 1.40. The van der Waals surface area contributed by atoms with Gasteiger partial charge in [0, 0.05) is 23.7 Å². The van der Waals surface area contributed by atoms with Crippen molar-refractivity contribution in [1.29, 1.82) is 0 Å². The predicted octanol–water partition coefficient (Wildman–Crippen LogP) is 5.78. The maximum absolute atomic E-state index is 13.9. The highest BCUT2D eigenvalue weighted by Gasteiger charge is 2.50. The summed E-state index contributed by atoms with van der Waals surface area (Å²) in [5.41, 5.74) is 1.65. The molecule has 0 N–H and O–H groups in total. The molecule has 2 bridgehead atoms. The number of aromatic nitrogens is 2. The van der Waals surface area contributed by atoms with Crippen LogP contribution in [0.4, 0.5) is 13.2 Å². The number of hydrogen-bond acceptors (Lipinski definition) is 4. The number of carbonyl (C=O) groups is 1. The minimum absolute atomic E-state index is 0.0137. The molecule has 0 spiro atoms. The Labute approximate surface area is 196 Å². The zero-order chi connectivity index (χ0) is 23.6. The maximum atomic E-state index is 13.9. The summed E-state index contributed by atoms with van der Waals surface area (Å²) < 4.78 is 41.6. The highest BCUT2D eigenvalue weighted by atomic mass is 32.2. The molecule has 1 saturated heterocycles. The molecule has 1 amide bonds. The lowest BCUT2D eigenvalue weighted by Gasteiger charge is -2.39. The Bertz CT molecular complexity index is 1120. The van der Waals surface area contributed by atoms with Crippen LogP contribution in [-0.4, -0.2) is 39.1 Å². The quantitative estimate of drug-likeness (QED) is 0.417. The van der Waals surface area contributed by atoms with Crippen LogP contribution in [0.5, 0.6) is 0 Å². The van der Waals surface area contributed by atoms with Crippen molar-refractivity contribution in [3.05, 3.63) is 41.1 Å².